The van der Waals surface area contributed by atoms with Crippen LogP contribution in [0, 0.1) is 0 Å². The van der Waals surface area contributed by atoms with Gasteiger partial charge < -0.3 is 10.8 Å². The fraction of sp³-hybridized carbons (Fsp3) is 1.00. The predicted octanol–water partition coefficient (Wildman–Crippen LogP) is 1.79. The first-order valence-electron chi connectivity index (χ1n) is 3.91. The van der Waals surface area contributed by atoms with Crippen LogP contribution in [0.3, 0.4) is 0 Å². The summed E-state index contributed by atoms with van der Waals surface area (Å²) in [5.41, 5.74) is 0. The van der Waals surface area contributed by atoms with Crippen LogP contribution in [0.15, 0.2) is 0 Å². The van der Waals surface area contributed by atoms with E-state index < -0.39 is 25.8 Å². The quantitative estimate of drug-likeness (QED) is 0.719. The van der Waals surface area contributed by atoms with E-state index in [2.05, 4.69) is 43.9 Å². The molecule has 0 unspecified atom stereocenters. The molecular formula is C6H22N2O2Si3. The lowest BCUT2D eigenvalue weighted by molar-refractivity contribution is 0.497. The monoisotopic (exact) mass is 238 g/mol. The molecule has 0 heterocycles. The third kappa shape index (κ3) is 33.1. The average Bonchev–Trinajstić information content (AvgIpc) is 1.53. The van der Waals surface area contributed by atoms with Gasteiger partial charge in [0.2, 0.25) is 0 Å². The van der Waals surface area contributed by atoms with E-state index in [-0.39, 0.29) is 6.15 Å². The maximum absolute atomic E-state index is 8.40. The lowest BCUT2D eigenvalue weighted by Gasteiger charge is -2.28. The Labute approximate surface area is 85.2 Å². The van der Waals surface area contributed by atoms with Crippen molar-refractivity contribution >= 4 is 25.8 Å². The Morgan fingerprint density at radius 3 is 1.00 bits per heavy atom. The van der Waals surface area contributed by atoms with Gasteiger partial charge in [-0.1, -0.05) is 39.3 Å². The highest BCUT2D eigenvalue weighted by Crippen LogP contribution is 2.02. The highest BCUT2D eigenvalue weighted by molar-refractivity contribution is 6.90. The number of rotatable bonds is 2. The maximum atomic E-state index is 8.40. The summed E-state index contributed by atoms with van der Waals surface area (Å²) >= 11 is 0. The standard InChI is InChI=1S/C6H19NSi2.H3N.O2Si/c1-8(2,3)7-9(4,5)6;;1-3-2/h7H,1-6H3;1H3;. The summed E-state index contributed by atoms with van der Waals surface area (Å²) in [5.74, 6) is 0. The number of hydrogen-bond donors (Lipinski definition) is 2. The van der Waals surface area contributed by atoms with E-state index in [9.17, 15) is 0 Å². The third-order valence-electron chi connectivity index (χ3n) is 0.750. The van der Waals surface area contributed by atoms with Crippen LogP contribution in [-0.2, 0) is 8.92 Å². The summed E-state index contributed by atoms with van der Waals surface area (Å²) in [5, 5.41) is 0. The zero-order valence-corrected chi connectivity index (χ0v) is 12.5. The normalized spacial score (nSPS) is 10.3. The summed E-state index contributed by atoms with van der Waals surface area (Å²) in [4.78, 5) is 0. The van der Waals surface area contributed by atoms with Crippen molar-refractivity contribution in [3.63, 3.8) is 0 Å². The van der Waals surface area contributed by atoms with Gasteiger partial charge in [0.1, 0.15) is 16.5 Å². The molecule has 0 fully saturated rings. The smallest absolute Gasteiger partial charge is 0.360 e. The van der Waals surface area contributed by atoms with Crippen molar-refractivity contribution < 1.29 is 8.92 Å². The molecule has 0 bridgehead atoms. The Kier molecular flexibility index (Phi) is 11.0. The van der Waals surface area contributed by atoms with Crippen LogP contribution in [0.4, 0.5) is 0 Å². The van der Waals surface area contributed by atoms with Crippen LogP contribution in [0.25, 0.3) is 0 Å². The van der Waals surface area contributed by atoms with Gasteiger partial charge in [-0.25, -0.2) is 0 Å². The Bertz CT molecular complexity index is 144. The van der Waals surface area contributed by atoms with Gasteiger partial charge in [-0.05, 0) is 0 Å². The van der Waals surface area contributed by atoms with Crippen LogP contribution in [0.1, 0.15) is 0 Å². The van der Waals surface area contributed by atoms with Crippen LogP contribution in [-0.4, -0.2) is 25.8 Å². The number of nitrogens with one attached hydrogen (secondary N) is 1. The van der Waals surface area contributed by atoms with Gasteiger partial charge in [-0.3, -0.25) is 8.92 Å². The largest absolute Gasteiger partial charge is 0.549 e. The molecule has 0 aromatic carbocycles. The van der Waals surface area contributed by atoms with Gasteiger partial charge in [0.15, 0.2) is 0 Å². The van der Waals surface area contributed by atoms with E-state index in [0.29, 0.717) is 0 Å². The minimum atomic E-state index is -1.42. The van der Waals surface area contributed by atoms with Crippen molar-refractivity contribution in [1.82, 2.24) is 10.8 Å². The topological polar surface area (TPSA) is 81.2 Å². The molecule has 0 rings (SSSR count). The Hall–Kier alpha value is 0.171. The summed E-state index contributed by atoms with van der Waals surface area (Å²) in [7, 11) is -3.38. The Morgan fingerprint density at radius 2 is 1.00 bits per heavy atom. The molecule has 0 aliphatic heterocycles. The molecular weight excluding hydrogens is 216 g/mol. The van der Waals surface area contributed by atoms with Crippen molar-refractivity contribution in [3.05, 3.63) is 0 Å². The summed E-state index contributed by atoms with van der Waals surface area (Å²) < 4.78 is 20.5. The van der Waals surface area contributed by atoms with Gasteiger partial charge in [-0.2, -0.15) is 0 Å². The molecule has 0 amide bonds. The van der Waals surface area contributed by atoms with E-state index in [1.807, 2.05) is 0 Å². The van der Waals surface area contributed by atoms with Crippen molar-refractivity contribution in [3.8, 4) is 0 Å². The van der Waals surface area contributed by atoms with Crippen molar-refractivity contribution in [2.24, 2.45) is 0 Å². The van der Waals surface area contributed by atoms with Crippen molar-refractivity contribution in [2.45, 2.75) is 39.3 Å². The van der Waals surface area contributed by atoms with Crippen molar-refractivity contribution in [1.29, 1.82) is 0 Å². The maximum Gasteiger partial charge on any atom is 0.549 e. The van der Waals surface area contributed by atoms with Crippen molar-refractivity contribution in [2.75, 3.05) is 0 Å². The molecule has 0 saturated carbocycles. The Morgan fingerprint density at radius 1 is 0.846 bits per heavy atom. The van der Waals surface area contributed by atoms with E-state index in [1.165, 1.54) is 0 Å². The SMILES string of the molecule is C[Si](C)(C)N[Si](C)(C)C.N.O=[Si]=O. The first-order valence-corrected chi connectivity index (χ1v) is 11.7. The average molecular weight is 239 g/mol. The molecule has 13 heavy (non-hydrogen) atoms. The molecule has 0 spiro atoms. The zero-order chi connectivity index (χ0) is 10.4. The second-order valence-corrected chi connectivity index (χ2v) is 14.9. The van der Waals surface area contributed by atoms with Gasteiger partial charge in [-0.15, -0.1) is 0 Å². The zero-order valence-electron chi connectivity index (χ0n) is 9.52. The lowest BCUT2D eigenvalue weighted by Crippen LogP contribution is -2.55. The van der Waals surface area contributed by atoms with Gasteiger partial charge in [0.05, 0.1) is 0 Å². The van der Waals surface area contributed by atoms with E-state index in [0.717, 1.165) is 0 Å². The summed E-state index contributed by atoms with van der Waals surface area (Å²) in [6.07, 6.45) is 0. The predicted molar refractivity (Wildman–Crippen MR) is 62.0 cm³/mol. The van der Waals surface area contributed by atoms with E-state index in [1.54, 1.807) is 0 Å². The van der Waals surface area contributed by atoms with Gasteiger partial charge >= 0.3 is 9.29 Å². The fourth-order valence-electron chi connectivity index (χ4n) is 1.12. The summed E-state index contributed by atoms with van der Waals surface area (Å²) in [6, 6.07) is 0. The molecule has 7 heteroatoms. The Balaban J connectivity index is -0.000000220. The van der Waals surface area contributed by atoms with Crippen LogP contribution in [0.5, 0.6) is 0 Å². The molecule has 0 aromatic heterocycles. The fourth-order valence-corrected chi connectivity index (χ4v) is 10.1. The molecule has 0 aromatic rings. The van der Waals surface area contributed by atoms with Crippen LogP contribution < -0.4 is 10.8 Å². The second kappa shape index (κ2) is 7.56. The summed E-state index contributed by atoms with van der Waals surface area (Å²) in [6.45, 7) is 14.1. The second-order valence-electron chi connectivity index (χ2n) is 4.71. The first kappa shape index (κ1) is 18.9. The molecule has 80 valence electrons. The van der Waals surface area contributed by atoms with Gasteiger partial charge in [0.25, 0.3) is 0 Å². The molecule has 4 N–H and O–H groups in total. The molecule has 0 saturated heterocycles. The minimum Gasteiger partial charge on any atom is -0.360 e. The first-order chi connectivity index (χ1) is 5.12. The van der Waals surface area contributed by atoms with Gasteiger partial charge in [0, 0.05) is 0 Å². The van der Waals surface area contributed by atoms with E-state index >= 15 is 0 Å². The molecule has 4 nitrogen and oxygen atoms in total. The lowest BCUT2D eigenvalue weighted by atomic mass is 11.8. The molecule has 0 aliphatic carbocycles. The number of hydrogen-bond acceptors (Lipinski definition) is 4. The third-order valence-corrected chi connectivity index (χ3v) is 6.75. The highest BCUT2D eigenvalue weighted by atomic mass is 28.4. The highest BCUT2D eigenvalue weighted by Gasteiger charge is 2.22. The molecule has 0 aliphatic rings. The molecule has 0 atom stereocenters. The minimum absolute atomic E-state index is 0. The van der Waals surface area contributed by atoms with Crippen LogP contribution in [0.2, 0.25) is 39.3 Å². The van der Waals surface area contributed by atoms with E-state index in [4.69, 9.17) is 8.92 Å². The molecule has 0 radical (unpaired) electrons. The van der Waals surface area contributed by atoms with Crippen LogP contribution >= 0.6 is 0 Å².